The largest absolute Gasteiger partial charge is 0.497 e. The third-order valence-electron chi connectivity index (χ3n) is 6.59. The van der Waals surface area contributed by atoms with Gasteiger partial charge in [-0.25, -0.2) is 4.79 Å². The molecule has 0 radical (unpaired) electrons. The van der Waals surface area contributed by atoms with E-state index >= 15 is 0 Å². The van der Waals surface area contributed by atoms with E-state index in [1.54, 1.807) is 26.5 Å². The average molecular weight is 532 g/mol. The van der Waals surface area contributed by atoms with Crippen molar-refractivity contribution in [3.05, 3.63) is 118 Å². The second-order valence-electron chi connectivity index (χ2n) is 8.74. The van der Waals surface area contributed by atoms with Gasteiger partial charge in [0.2, 0.25) is 0 Å². The summed E-state index contributed by atoms with van der Waals surface area (Å²) in [5.74, 6) is 2.44. The Hall–Kier alpha value is -3.79. The molecule has 196 valence electrons. The SMILES string of the molecule is COc1ccc(C(Nc2ccn([C@@H]3CS[C@H](CO)O3)c(=O)n2)(c2ccccc2)c2ccc(OC)cc2)cc1. The van der Waals surface area contributed by atoms with E-state index in [0.717, 1.165) is 28.2 Å². The minimum atomic E-state index is -0.896. The Morgan fingerprint density at radius 3 is 2.03 bits per heavy atom. The molecule has 0 bridgehead atoms. The molecule has 1 aliphatic rings. The highest BCUT2D eigenvalue weighted by Crippen LogP contribution is 2.41. The molecule has 0 unspecified atom stereocenters. The summed E-state index contributed by atoms with van der Waals surface area (Å²) in [6.45, 7) is -0.105. The lowest BCUT2D eigenvalue weighted by atomic mass is 9.77. The zero-order valence-corrected chi connectivity index (χ0v) is 21.9. The maximum Gasteiger partial charge on any atom is 0.351 e. The molecule has 0 amide bonds. The van der Waals surface area contributed by atoms with Crippen molar-refractivity contribution in [3.63, 3.8) is 0 Å². The van der Waals surface area contributed by atoms with Gasteiger partial charge in [-0.2, -0.15) is 4.98 Å². The van der Waals surface area contributed by atoms with Gasteiger partial charge in [0.05, 0.1) is 20.8 Å². The molecule has 0 spiro atoms. The van der Waals surface area contributed by atoms with E-state index in [9.17, 15) is 9.90 Å². The van der Waals surface area contributed by atoms with Crippen LogP contribution in [0.1, 0.15) is 22.9 Å². The molecule has 1 aliphatic heterocycles. The van der Waals surface area contributed by atoms with Crippen molar-refractivity contribution >= 4 is 17.6 Å². The number of nitrogens with one attached hydrogen (secondary N) is 1. The van der Waals surface area contributed by atoms with Crippen LogP contribution in [0.2, 0.25) is 0 Å². The number of anilines is 1. The van der Waals surface area contributed by atoms with Gasteiger partial charge in [0, 0.05) is 11.9 Å². The van der Waals surface area contributed by atoms with E-state index in [-0.39, 0.29) is 12.0 Å². The molecule has 2 atom stereocenters. The van der Waals surface area contributed by atoms with Gasteiger partial charge in [0.1, 0.15) is 34.5 Å². The molecule has 2 N–H and O–H groups in total. The first-order chi connectivity index (χ1) is 18.6. The Labute approximate surface area is 225 Å². The molecule has 1 fully saturated rings. The normalized spacial score (nSPS) is 17.2. The monoisotopic (exact) mass is 531 g/mol. The number of methoxy groups -OCH3 is 2. The van der Waals surface area contributed by atoms with E-state index in [1.165, 1.54) is 16.3 Å². The van der Waals surface area contributed by atoms with E-state index < -0.39 is 17.5 Å². The second kappa shape index (κ2) is 11.3. The number of aliphatic hydroxyl groups is 1. The van der Waals surface area contributed by atoms with Crippen LogP contribution in [0.15, 0.2) is 95.9 Å². The Morgan fingerprint density at radius 2 is 1.53 bits per heavy atom. The lowest BCUT2D eigenvalue weighted by Gasteiger charge is -2.37. The van der Waals surface area contributed by atoms with Crippen molar-refractivity contribution in [2.45, 2.75) is 17.2 Å². The summed E-state index contributed by atoms with van der Waals surface area (Å²) >= 11 is 1.47. The summed E-state index contributed by atoms with van der Waals surface area (Å²) in [6, 6.07) is 27.5. The number of thioether (sulfide) groups is 1. The van der Waals surface area contributed by atoms with Crippen molar-refractivity contribution < 1.29 is 19.3 Å². The second-order valence-corrected chi connectivity index (χ2v) is 9.93. The van der Waals surface area contributed by atoms with Crippen molar-refractivity contribution in [3.8, 4) is 11.5 Å². The molecular formula is C29H29N3O5S. The minimum Gasteiger partial charge on any atom is -0.497 e. The summed E-state index contributed by atoms with van der Waals surface area (Å²) < 4.78 is 18.0. The van der Waals surface area contributed by atoms with Crippen LogP contribution in [-0.4, -0.2) is 46.7 Å². The van der Waals surface area contributed by atoms with Crippen LogP contribution >= 0.6 is 11.8 Å². The van der Waals surface area contributed by atoms with Gasteiger partial charge >= 0.3 is 5.69 Å². The molecular weight excluding hydrogens is 502 g/mol. The molecule has 8 nitrogen and oxygen atoms in total. The molecule has 1 saturated heterocycles. The van der Waals surface area contributed by atoms with Crippen LogP contribution in [0.4, 0.5) is 5.82 Å². The van der Waals surface area contributed by atoms with Crippen LogP contribution in [-0.2, 0) is 10.3 Å². The van der Waals surface area contributed by atoms with Crippen LogP contribution in [0.25, 0.3) is 0 Å². The van der Waals surface area contributed by atoms with E-state index in [4.69, 9.17) is 14.2 Å². The Bertz CT molecular complexity index is 1360. The highest BCUT2D eigenvalue weighted by molar-refractivity contribution is 8.00. The quantitative estimate of drug-likeness (QED) is 0.310. The minimum absolute atomic E-state index is 0.105. The molecule has 9 heteroatoms. The lowest BCUT2D eigenvalue weighted by molar-refractivity contribution is -0.00630. The van der Waals surface area contributed by atoms with Crippen molar-refractivity contribution in [2.24, 2.45) is 0 Å². The third kappa shape index (κ3) is 5.00. The molecule has 2 heterocycles. The Kier molecular flexibility index (Phi) is 7.69. The molecule has 5 rings (SSSR count). The zero-order chi connectivity index (χ0) is 26.5. The Morgan fingerprint density at radius 1 is 0.947 bits per heavy atom. The maximum atomic E-state index is 13.1. The van der Waals surface area contributed by atoms with Crippen LogP contribution in [0.5, 0.6) is 11.5 Å². The molecule has 1 aromatic heterocycles. The van der Waals surface area contributed by atoms with Crippen molar-refractivity contribution in [2.75, 3.05) is 31.9 Å². The average Bonchev–Trinajstić information content (AvgIpc) is 3.46. The molecule has 0 saturated carbocycles. The van der Waals surface area contributed by atoms with Gasteiger partial charge in [0.15, 0.2) is 0 Å². The maximum absolute atomic E-state index is 13.1. The molecule has 3 aromatic carbocycles. The summed E-state index contributed by atoms with van der Waals surface area (Å²) in [7, 11) is 3.27. The first-order valence-corrected chi connectivity index (χ1v) is 13.2. The molecule has 4 aromatic rings. The number of hydrogen-bond donors (Lipinski definition) is 2. The van der Waals surface area contributed by atoms with Gasteiger partial charge in [0.25, 0.3) is 0 Å². The highest BCUT2D eigenvalue weighted by atomic mass is 32.2. The van der Waals surface area contributed by atoms with Gasteiger partial charge < -0.3 is 24.6 Å². The number of ether oxygens (including phenoxy) is 3. The van der Waals surface area contributed by atoms with Gasteiger partial charge in [-0.15, -0.1) is 11.8 Å². The number of benzene rings is 3. The summed E-state index contributed by atoms with van der Waals surface area (Å²) in [5.41, 5.74) is 1.14. The fourth-order valence-corrected chi connectivity index (χ4v) is 5.60. The summed E-state index contributed by atoms with van der Waals surface area (Å²) in [6.07, 6.45) is 1.20. The van der Waals surface area contributed by atoms with Crippen molar-refractivity contribution in [1.29, 1.82) is 0 Å². The van der Waals surface area contributed by atoms with Gasteiger partial charge in [-0.1, -0.05) is 54.6 Å². The summed E-state index contributed by atoms with van der Waals surface area (Å²) in [4.78, 5) is 17.5. The van der Waals surface area contributed by atoms with Crippen LogP contribution in [0, 0.1) is 0 Å². The van der Waals surface area contributed by atoms with Crippen molar-refractivity contribution in [1.82, 2.24) is 9.55 Å². The van der Waals surface area contributed by atoms with E-state index in [0.29, 0.717) is 11.6 Å². The first-order valence-electron chi connectivity index (χ1n) is 12.2. The molecule has 0 aliphatic carbocycles. The zero-order valence-electron chi connectivity index (χ0n) is 21.1. The first kappa shape index (κ1) is 25.8. The standard InChI is InChI=1S/C29H29N3O5S/c1-35-23-12-8-21(9-13-23)29(20-6-4-3-5-7-20,22-10-14-24(36-2)15-11-22)31-25-16-17-32(28(34)30-25)26-19-38-27(18-33)37-26/h3-17,26-27,33H,18-19H2,1-2H3,(H,30,31,34)/t26-,27+/m0/s1. The lowest BCUT2D eigenvalue weighted by Crippen LogP contribution is -2.39. The number of hydrogen-bond acceptors (Lipinski definition) is 8. The number of aliphatic hydroxyl groups excluding tert-OH is 1. The Balaban J connectivity index is 1.64. The van der Waals surface area contributed by atoms with E-state index in [1.807, 2.05) is 78.9 Å². The van der Waals surface area contributed by atoms with Crippen LogP contribution < -0.4 is 20.5 Å². The van der Waals surface area contributed by atoms with Gasteiger partial charge in [-0.05, 0) is 47.0 Å². The van der Waals surface area contributed by atoms with Crippen LogP contribution in [0.3, 0.4) is 0 Å². The fraction of sp³-hybridized carbons (Fsp3) is 0.241. The van der Waals surface area contributed by atoms with Gasteiger partial charge in [-0.3, -0.25) is 4.57 Å². The van der Waals surface area contributed by atoms with E-state index in [2.05, 4.69) is 10.3 Å². The number of nitrogens with zero attached hydrogens (tertiary/aromatic N) is 2. The predicted octanol–water partition coefficient (Wildman–Crippen LogP) is 4.24. The topological polar surface area (TPSA) is 94.8 Å². The smallest absolute Gasteiger partial charge is 0.351 e. The number of rotatable bonds is 9. The predicted molar refractivity (Wildman–Crippen MR) is 148 cm³/mol. The summed E-state index contributed by atoms with van der Waals surface area (Å²) in [5, 5.41) is 13.0. The third-order valence-corrected chi connectivity index (χ3v) is 7.70. The number of aromatic nitrogens is 2. The molecule has 38 heavy (non-hydrogen) atoms. The fourth-order valence-electron chi connectivity index (χ4n) is 4.67. The highest BCUT2D eigenvalue weighted by Gasteiger charge is 2.37.